The standard InChI is InChI=1S/C26H33Cl2N3O4S/c1-18-9-7-8-12-24(18)31(36(3,34)35)17-25(32)30(16-20-13-14-21(27)15-23(20)28)19(2)26(33)29-22-10-5-4-6-11-22/h7-9,12-15,19,22H,4-6,10-11,16-17H2,1-3H3,(H,29,33)/t19-/m0/s1. The lowest BCUT2D eigenvalue weighted by atomic mass is 9.95. The molecule has 2 aromatic carbocycles. The maximum Gasteiger partial charge on any atom is 0.244 e. The Morgan fingerprint density at radius 1 is 1.08 bits per heavy atom. The average Bonchev–Trinajstić information content (AvgIpc) is 2.82. The van der Waals surface area contributed by atoms with Crippen molar-refractivity contribution >= 4 is 50.7 Å². The largest absolute Gasteiger partial charge is 0.352 e. The normalized spacial score (nSPS) is 15.2. The number of para-hydroxylation sites is 1. The Kier molecular flexibility index (Phi) is 9.66. The van der Waals surface area contributed by atoms with Crippen LogP contribution in [-0.4, -0.2) is 50.0 Å². The molecule has 10 heteroatoms. The molecule has 1 saturated carbocycles. The van der Waals surface area contributed by atoms with Gasteiger partial charge in [0.25, 0.3) is 0 Å². The van der Waals surface area contributed by atoms with Gasteiger partial charge in [0.1, 0.15) is 12.6 Å². The molecular formula is C26H33Cl2N3O4S. The molecule has 2 aromatic rings. The van der Waals surface area contributed by atoms with Crippen LogP contribution in [0.2, 0.25) is 10.0 Å². The SMILES string of the molecule is Cc1ccccc1N(CC(=O)N(Cc1ccc(Cl)cc1Cl)[C@@H](C)C(=O)NC1CCCCC1)S(C)(=O)=O. The molecule has 0 aliphatic heterocycles. The number of halogens is 2. The first-order valence-electron chi connectivity index (χ1n) is 12.0. The monoisotopic (exact) mass is 553 g/mol. The highest BCUT2D eigenvalue weighted by Gasteiger charge is 2.31. The highest BCUT2D eigenvalue weighted by molar-refractivity contribution is 7.92. The zero-order valence-electron chi connectivity index (χ0n) is 20.8. The second-order valence-corrected chi connectivity index (χ2v) is 12.1. The van der Waals surface area contributed by atoms with Gasteiger partial charge < -0.3 is 10.2 Å². The Balaban J connectivity index is 1.91. The fourth-order valence-electron chi connectivity index (χ4n) is 4.42. The molecular weight excluding hydrogens is 521 g/mol. The molecule has 0 saturated heterocycles. The summed E-state index contributed by atoms with van der Waals surface area (Å²) in [5, 5.41) is 3.88. The number of carbonyl (C=O) groups is 2. The summed E-state index contributed by atoms with van der Waals surface area (Å²) in [4.78, 5) is 28.3. The summed E-state index contributed by atoms with van der Waals surface area (Å²) in [6, 6.07) is 11.1. The van der Waals surface area contributed by atoms with Gasteiger partial charge in [0.2, 0.25) is 21.8 Å². The Bertz CT molecular complexity index is 1200. The molecule has 0 unspecified atom stereocenters. The number of hydrogen-bond donors (Lipinski definition) is 1. The molecule has 7 nitrogen and oxygen atoms in total. The zero-order chi connectivity index (χ0) is 26.5. The minimum atomic E-state index is -3.78. The van der Waals surface area contributed by atoms with Gasteiger partial charge in [0.15, 0.2) is 0 Å². The number of anilines is 1. The van der Waals surface area contributed by atoms with Crippen LogP contribution in [0.1, 0.15) is 50.2 Å². The van der Waals surface area contributed by atoms with Gasteiger partial charge in [-0.05, 0) is 56.0 Å². The molecule has 1 atom stereocenters. The van der Waals surface area contributed by atoms with E-state index in [0.717, 1.165) is 42.7 Å². The predicted molar refractivity (Wildman–Crippen MR) is 145 cm³/mol. The summed E-state index contributed by atoms with van der Waals surface area (Å²) < 4.78 is 26.5. The van der Waals surface area contributed by atoms with Crippen LogP contribution in [0.25, 0.3) is 0 Å². The molecule has 1 aliphatic rings. The van der Waals surface area contributed by atoms with Crippen LogP contribution >= 0.6 is 23.2 Å². The van der Waals surface area contributed by atoms with E-state index in [-0.39, 0.29) is 18.5 Å². The number of rotatable bonds is 9. The van der Waals surface area contributed by atoms with E-state index >= 15 is 0 Å². The van der Waals surface area contributed by atoms with Crippen molar-refractivity contribution in [2.75, 3.05) is 17.1 Å². The number of aryl methyl sites for hydroxylation is 1. The van der Waals surface area contributed by atoms with Crippen molar-refractivity contribution < 1.29 is 18.0 Å². The predicted octanol–water partition coefficient (Wildman–Crippen LogP) is 4.93. The molecule has 2 amide bonds. The van der Waals surface area contributed by atoms with Gasteiger partial charge in [-0.1, -0.05) is 66.7 Å². The zero-order valence-corrected chi connectivity index (χ0v) is 23.2. The van der Waals surface area contributed by atoms with E-state index in [1.165, 1.54) is 4.90 Å². The smallest absolute Gasteiger partial charge is 0.244 e. The fourth-order valence-corrected chi connectivity index (χ4v) is 5.80. The Hall–Kier alpha value is -2.29. The lowest BCUT2D eigenvalue weighted by Gasteiger charge is -2.33. The molecule has 0 aromatic heterocycles. The van der Waals surface area contributed by atoms with E-state index in [2.05, 4.69) is 5.32 Å². The van der Waals surface area contributed by atoms with Crippen molar-refractivity contribution in [2.24, 2.45) is 0 Å². The van der Waals surface area contributed by atoms with Gasteiger partial charge in [-0.2, -0.15) is 0 Å². The summed E-state index contributed by atoms with van der Waals surface area (Å²) in [6.07, 6.45) is 6.15. The van der Waals surface area contributed by atoms with E-state index in [1.54, 1.807) is 56.3 Å². The van der Waals surface area contributed by atoms with Gasteiger partial charge in [-0.25, -0.2) is 8.42 Å². The molecule has 0 heterocycles. The lowest BCUT2D eigenvalue weighted by Crippen LogP contribution is -2.53. The first-order chi connectivity index (χ1) is 17.0. The summed E-state index contributed by atoms with van der Waals surface area (Å²) in [5.41, 5.74) is 1.73. The third kappa shape index (κ3) is 7.37. The van der Waals surface area contributed by atoms with Crippen LogP contribution in [-0.2, 0) is 26.2 Å². The van der Waals surface area contributed by atoms with E-state index < -0.39 is 28.5 Å². The highest BCUT2D eigenvalue weighted by atomic mass is 35.5. The Labute approximate surface area is 223 Å². The van der Waals surface area contributed by atoms with Crippen LogP contribution in [0.3, 0.4) is 0 Å². The summed E-state index contributed by atoms with van der Waals surface area (Å²) in [5.74, 6) is -0.789. The van der Waals surface area contributed by atoms with Gasteiger partial charge >= 0.3 is 0 Å². The van der Waals surface area contributed by atoms with Crippen molar-refractivity contribution in [3.05, 3.63) is 63.6 Å². The third-order valence-electron chi connectivity index (χ3n) is 6.54. The van der Waals surface area contributed by atoms with Gasteiger partial charge in [0, 0.05) is 22.6 Å². The minimum Gasteiger partial charge on any atom is -0.352 e. The number of benzene rings is 2. The van der Waals surface area contributed by atoms with Gasteiger partial charge in [-0.3, -0.25) is 13.9 Å². The molecule has 1 fully saturated rings. The second kappa shape index (κ2) is 12.3. The van der Waals surface area contributed by atoms with Crippen molar-refractivity contribution in [3.8, 4) is 0 Å². The molecule has 196 valence electrons. The van der Waals surface area contributed by atoms with E-state index in [4.69, 9.17) is 23.2 Å². The quantitative estimate of drug-likeness (QED) is 0.476. The first-order valence-corrected chi connectivity index (χ1v) is 14.6. The third-order valence-corrected chi connectivity index (χ3v) is 8.25. The summed E-state index contributed by atoms with van der Waals surface area (Å²) in [7, 11) is -3.78. The van der Waals surface area contributed by atoms with Crippen molar-refractivity contribution in [3.63, 3.8) is 0 Å². The van der Waals surface area contributed by atoms with E-state index in [1.807, 2.05) is 0 Å². The molecule has 1 aliphatic carbocycles. The van der Waals surface area contributed by atoms with Crippen LogP contribution in [0.15, 0.2) is 42.5 Å². The maximum absolute atomic E-state index is 13.7. The van der Waals surface area contributed by atoms with Gasteiger partial charge in [0.05, 0.1) is 11.9 Å². The van der Waals surface area contributed by atoms with E-state index in [9.17, 15) is 18.0 Å². The number of sulfonamides is 1. The number of nitrogens with zero attached hydrogens (tertiary/aromatic N) is 2. The minimum absolute atomic E-state index is 0.0272. The average molecular weight is 555 g/mol. The van der Waals surface area contributed by atoms with Crippen molar-refractivity contribution in [2.45, 2.75) is 64.6 Å². The lowest BCUT2D eigenvalue weighted by molar-refractivity contribution is -0.139. The molecule has 0 radical (unpaired) electrons. The van der Waals surface area contributed by atoms with Crippen molar-refractivity contribution in [1.29, 1.82) is 0 Å². The van der Waals surface area contributed by atoms with Crippen molar-refractivity contribution in [1.82, 2.24) is 10.2 Å². The summed E-state index contributed by atoms with van der Waals surface area (Å²) >= 11 is 12.4. The van der Waals surface area contributed by atoms with Crippen LogP contribution in [0.5, 0.6) is 0 Å². The first kappa shape index (κ1) is 28.3. The van der Waals surface area contributed by atoms with Gasteiger partial charge in [-0.15, -0.1) is 0 Å². The fraction of sp³-hybridized carbons (Fsp3) is 0.462. The molecule has 0 spiro atoms. The summed E-state index contributed by atoms with van der Waals surface area (Å²) in [6.45, 7) is 3.01. The molecule has 1 N–H and O–H groups in total. The Morgan fingerprint density at radius 2 is 1.75 bits per heavy atom. The maximum atomic E-state index is 13.7. The molecule has 0 bridgehead atoms. The molecule has 36 heavy (non-hydrogen) atoms. The topological polar surface area (TPSA) is 86.8 Å². The highest BCUT2D eigenvalue weighted by Crippen LogP contribution is 2.26. The number of carbonyl (C=O) groups excluding carboxylic acids is 2. The van der Waals surface area contributed by atoms with Crippen LogP contribution in [0, 0.1) is 6.92 Å². The van der Waals surface area contributed by atoms with Crippen LogP contribution < -0.4 is 9.62 Å². The number of nitrogens with one attached hydrogen (secondary N) is 1. The Morgan fingerprint density at radius 3 is 2.36 bits per heavy atom. The van der Waals surface area contributed by atoms with E-state index in [0.29, 0.717) is 26.9 Å². The second-order valence-electron chi connectivity index (χ2n) is 9.33. The number of amides is 2. The molecule has 3 rings (SSSR count). The number of hydrogen-bond acceptors (Lipinski definition) is 4. The van der Waals surface area contributed by atoms with Crippen LogP contribution in [0.4, 0.5) is 5.69 Å².